The van der Waals surface area contributed by atoms with E-state index in [1.165, 1.54) is 6.42 Å². The average Bonchev–Trinajstić information content (AvgIpc) is 2.45. The fourth-order valence-corrected chi connectivity index (χ4v) is 2.43. The maximum Gasteiger partial charge on any atom is 0.226 e. The Labute approximate surface area is 119 Å². The second-order valence-electron chi connectivity index (χ2n) is 5.39. The molecule has 0 aromatic carbocycles. The van der Waals surface area contributed by atoms with Gasteiger partial charge in [0.2, 0.25) is 5.95 Å². The lowest BCUT2D eigenvalue weighted by Crippen LogP contribution is -2.46. The van der Waals surface area contributed by atoms with Gasteiger partial charge < -0.3 is 20.7 Å². The molecule has 1 atom stereocenters. The minimum Gasteiger partial charge on any atom is -0.409 e. The Morgan fingerprint density at radius 3 is 2.90 bits per heavy atom. The van der Waals surface area contributed by atoms with Gasteiger partial charge in [0.1, 0.15) is 5.69 Å². The number of piperidine rings is 1. The second-order valence-corrected chi connectivity index (χ2v) is 5.39. The highest BCUT2D eigenvalue weighted by Crippen LogP contribution is 2.19. The fourth-order valence-electron chi connectivity index (χ4n) is 2.43. The molecule has 0 spiro atoms. The van der Waals surface area contributed by atoms with Crippen LogP contribution >= 0.6 is 0 Å². The molecule has 0 bridgehead atoms. The number of likely N-dealkylation sites (N-methyl/N-ethyl adjacent to an activating group) is 1. The summed E-state index contributed by atoms with van der Waals surface area (Å²) in [6.07, 6.45) is 2.29. The molecule has 0 radical (unpaired) electrons. The summed E-state index contributed by atoms with van der Waals surface area (Å²) >= 11 is 0. The summed E-state index contributed by atoms with van der Waals surface area (Å²) in [5.41, 5.74) is 6.89. The van der Waals surface area contributed by atoms with E-state index in [1.807, 2.05) is 6.92 Å². The van der Waals surface area contributed by atoms with E-state index in [2.05, 4.69) is 39.0 Å². The van der Waals surface area contributed by atoms with Crippen molar-refractivity contribution in [2.75, 3.05) is 32.1 Å². The first-order chi connectivity index (χ1) is 9.51. The van der Waals surface area contributed by atoms with Crippen molar-refractivity contribution >= 4 is 11.8 Å². The van der Waals surface area contributed by atoms with E-state index in [0.717, 1.165) is 25.2 Å². The largest absolute Gasteiger partial charge is 0.409 e. The molecule has 1 saturated heterocycles. The van der Waals surface area contributed by atoms with Gasteiger partial charge in [-0.05, 0) is 39.9 Å². The van der Waals surface area contributed by atoms with Gasteiger partial charge in [-0.15, -0.1) is 0 Å². The molecule has 1 aliphatic rings. The van der Waals surface area contributed by atoms with Crippen LogP contribution in [0.1, 0.15) is 24.2 Å². The molecule has 1 aromatic heterocycles. The smallest absolute Gasteiger partial charge is 0.226 e. The molecule has 1 fully saturated rings. The van der Waals surface area contributed by atoms with Crippen molar-refractivity contribution in [1.29, 1.82) is 0 Å². The number of anilines is 1. The molecule has 20 heavy (non-hydrogen) atoms. The van der Waals surface area contributed by atoms with Crippen molar-refractivity contribution in [3.8, 4) is 0 Å². The number of aromatic nitrogens is 2. The first kappa shape index (κ1) is 14.5. The van der Waals surface area contributed by atoms with E-state index < -0.39 is 0 Å². The first-order valence-electron chi connectivity index (χ1n) is 6.76. The molecule has 110 valence electrons. The van der Waals surface area contributed by atoms with Gasteiger partial charge >= 0.3 is 0 Å². The lowest BCUT2D eigenvalue weighted by molar-refractivity contribution is 0.257. The molecule has 1 aliphatic heterocycles. The standard InChI is InChI=1S/C13H22N6O/c1-9-7-11(12(14)17-20)16-13(15-9)19-6-4-5-10(8-19)18(2)3/h7,10,20H,4-6,8H2,1-3H3,(H2,14,17). The molecule has 0 amide bonds. The highest BCUT2D eigenvalue weighted by molar-refractivity contribution is 5.95. The third-order valence-electron chi connectivity index (χ3n) is 3.62. The quantitative estimate of drug-likeness (QED) is 0.360. The Bertz CT molecular complexity index is 502. The van der Waals surface area contributed by atoms with E-state index in [4.69, 9.17) is 10.9 Å². The molecular weight excluding hydrogens is 256 g/mol. The number of amidine groups is 1. The van der Waals surface area contributed by atoms with E-state index in [-0.39, 0.29) is 5.84 Å². The number of hydrogen-bond donors (Lipinski definition) is 2. The number of nitrogens with two attached hydrogens (primary N) is 1. The number of rotatable bonds is 3. The molecular formula is C13H22N6O. The Balaban J connectivity index is 2.26. The van der Waals surface area contributed by atoms with Gasteiger partial charge in [-0.1, -0.05) is 5.16 Å². The Morgan fingerprint density at radius 1 is 1.50 bits per heavy atom. The number of aryl methyl sites for hydroxylation is 1. The fraction of sp³-hybridized carbons (Fsp3) is 0.615. The zero-order valence-corrected chi connectivity index (χ0v) is 12.2. The molecule has 7 heteroatoms. The van der Waals surface area contributed by atoms with Crippen LogP contribution in [0, 0.1) is 6.92 Å². The number of oxime groups is 1. The molecule has 1 aromatic rings. The minimum atomic E-state index is 0.0120. The molecule has 2 heterocycles. The maximum absolute atomic E-state index is 8.78. The SMILES string of the molecule is Cc1cc(/C(N)=N/O)nc(N2CCCC(N(C)C)C2)n1. The van der Waals surface area contributed by atoms with Crippen LogP contribution in [0.4, 0.5) is 5.95 Å². The lowest BCUT2D eigenvalue weighted by atomic mass is 10.1. The normalized spacial score (nSPS) is 20.5. The van der Waals surface area contributed by atoms with Crippen LogP contribution in [-0.4, -0.2) is 59.1 Å². The number of hydrogen-bond acceptors (Lipinski definition) is 6. The predicted molar refractivity (Wildman–Crippen MR) is 78.2 cm³/mol. The molecule has 7 nitrogen and oxygen atoms in total. The number of nitrogens with zero attached hydrogens (tertiary/aromatic N) is 5. The van der Waals surface area contributed by atoms with Crippen molar-refractivity contribution in [1.82, 2.24) is 14.9 Å². The molecule has 1 unspecified atom stereocenters. The van der Waals surface area contributed by atoms with Gasteiger partial charge in [0, 0.05) is 24.8 Å². The van der Waals surface area contributed by atoms with Crippen LogP contribution in [-0.2, 0) is 0 Å². The Morgan fingerprint density at radius 2 is 2.25 bits per heavy atom. The van der Waals surface area contributed by atoms with Gasteiger partial charge in [-0.3, -0.25) is 0 Å². The molecule has 0 aliphatic carbocycles. The average molecular weight is 278 g/mol. The van der Waals surface area contributed by atoms with Crippen molar-refractivity contribution in [2.45, 2.75) is 25.8 Å². The third-order valence-corrected chi connectivity index (χ3v) is 3.62. The minimum absolute atomic E-state index is 0.0120. The van der Waals surface area contributed by atoms with Crippen molar-refractivity contribution in [2.24, 2.45) is 10.9 Å². The summed E-state index contributed by atoms with van der Waals surface area (Å²) < 4.78 is 0. The van der Waals surface area contributed by atoms with Crippen LogP contribution in [0.3, 0.4) is 0 Å². The summed E-state index contributed by atoms with van der Waals surface area (Å²) in [5.74, 6) is 0.663. The highest BCUT2D eigenvalue weighted by atomic mass is 16.4. The Hall–Kier alpha value is -1.89. The van der Waals surface area contributed by atoms with Crippen LogP contribution < -0.4 is 10.6 Å². The predicted octanol–water partition coefficient (Wildman–Crippen LogP) is 0.410. The van der Waals surface area contributed by atoms with Crippen LogP contribution in [0.5, 0.6) is 0 Å². The van der Waals surface area contributed by atoms with Crippen LogP contribution in [0.25, 0.3) is 0 Å². The third kappa shape index (κ3) is 3.16. The van der Waals surface area contributed by atoms with Crippen LogP contribution in [0.15, 0.2) is 11.2 Å². The van der Waals surface area contributed by atoms with E-state index in [1.54, 1.807) is 6.07 Å². The Kier molecular flexibility index (Phi) is 4.39. The van der Waals surface area contributed by atoms with Gasteiger partial charge in [0.25, 0.3) is 0 Å². The summed E-state index contributed by atoms with van der Waals surface area (Å²) in [5, 5.41) is 11.8. The zero-order valence-electron chi connectivity index (χ0n) is 12.2. The second kappa shape index (κ2) is 6.04. The van der Waals surface area contributed by atoms with Crippen molar-refractivity contribution < 1.29 is 5.21 Å². The molecule has 0 saturated carbocycles. The maximum atomic E-state index is 8.78. The van der Waals surface area contributed by atoms with Crippen LogP contribution in [0.2, 0.25) is 0 Å². The van der Waals surface area contributed by atoms with Crippen molar-refractivity contribution in [3.05, 3.63) is 17.5 Å². The topological polar surface area (TPSA) is 90.9 Å². The summed E-state index contributed by atoms with van der Waals surface area (Å²) in [6.45, 7) is 3.71. The van der Waals surface area contributed by atoms with E-state index >= 15 is 0 Å². The van der Waals surface area contributed by atoms with Gasteiger partial charge in [0.15, 0.2) is 5.84 Å². The van der Waals surface area contributed by atoms with Crippen molar-refractivity contribution in [3.63, 3.8) is 0 Å². The molecule has 2 rings (SSSR count). The van der Waals surface area contributed by atoms with Gasteiger partial charge in [-0.25, -0.2) is 9.97 Å². The lowest BCUT2D eigenvalue weighted by Gasteiger charge is -2.36. The summed E-state index contributed by atoms with van der Waals surface area (Å²) in [4.78, 5) is 13.3. The summed E-state index contributed by atoms with van der Waals surface area (Å²) in [6, 6.07) is 2.21. The highest BCUT2D eigenvalue weighted by Gasteiger charge is 2.23. The van der Waals surface area contributed by atoms with Gasteiger partial charge in [-0.2, -0.15) is 0 Å². The summed E-state index contributed by atoms with van der Waals surface area (Å²) in [7, 11) is 4.18. The van der Waals surface area contributed by atoms with E-state index in [0.29, 0.717) is 17.7 Å². The first-order valence-corrected chi connectivity index (χ1v) is 6.76. The molecule has 3 N–H and O–H groups in total. The van der Waals surface area contributed by atoms with E-state index in [9.17, 15) is 0 Å². The zero-order chi connectivity index (χ0) is 14.7. The van der Waals surface area contributed by atoms with Gasteiger partial charge in [0.05, 0.1) is 0 Å². The monoisotopic (exact) mass is 278 g/mol.